The zero-order valence-corrected chi connectivity index (χ0v) is 13.2. The van der Waals surface area contributed by atoms with E-state index in [1.165, 1.54) is 16.7 Å². The van der Waals surface area contributed by atoms with Gasteiger partial charge in [0.05, 0.1) is 0 Å². The summed E-state index contributed by atoms with van der Waals surface area (Å²) in [4.78, 5) is 0. The number of hydrogen-bond acceptors (Lipinski definition) is 1. The molecule has 0 aromatic heterocycles. The highest BCUT2D eigenvalue weighted by Gasteiger charge is 2.05. The Kier molecular flexibility index (Phi) is 5.79. The van der Waals surface area contributed by atoms with Crippen molar-refractivity contribution in [1.29, 1.82) is 0 Å². The number of benzene rings is 3. The topological polar surface area (TPSA) is 20.2 Å². The maximum absolute atomic E-state index is 9.59. The molecule has 0 saturated heterocycles. The van der Waals surface area contributed by atoms with E-state index in [9.17, 15) is 5.11 Å². The van der Waals surface area contributed by atoms with Gasteiger partial charge in [0.2, 0.25) is 0 Å². The fraction of sp³-hybridized carbons (Fsp3) is 0.143. The molecule has 0 amide bonds. The summed E-state index contributed by atoms with van der Waals surface area (Å²) in [6.07, 6.45) is 0.924. The fourth-order valence-corrected chi connectivity index (χ4v) is 2.25. The third kappa shape index (κ3) is 4.49. The molecule has 112 valence electrons. The molecule has 0 heterocycles. The van der Waals surface area contributed by atoms with Crippen molar-refractivity contribution in [3.63, 3.8) is 0 Å². The van der Waals surface area contributed by atoms with Crippen LogP contribution in [-0.4, -0.2) is 5.11 Å². The molecule has 0 aliphatic rings. The first kappa shape index (κ1) is 15.8. The van der Waals surface area contributed by atoms with E-state index in [2.05, 4.69) is 31.2 Å². The van der Waals surface area contributed by atoms with Crippen molar-refractivity contribution < 1.29 is 5.11 Å². The van der Waals surface area contributed by atoms with Crippen LogP contribution in [0.15, 0.2) is 78.9 Å². The molecule has 0 atom stereocenters. The Hall–Kier alpha value is -2.54. The molecular formula is C21H22O. The van der Waals surface area contributed by atoms with Crippen molar-refractivity contribution >= 4 is 0 Å². The van der Waals surface area contributed by atoms with Crippen molar-refractivity contribution in [3.05, 3.63) is 101 Å². The first-order valence-corrected chi connectivity index (χ1v) is 7.50. The summed E-state index contributed by atoms with van der Waals surface area (Å²) in [5.74, 6) is 0.384. The smallest absolute Gasteiger partial charge is 0.118 e. The van der Waals surface area contributed by atoms with E-state index in [1.54, 1.807) is 6.07 Å². The van der Waals surface area contributed by atoms with E-state index in [1.807, 2.05) is 55.5 Å². The average Bonchev–Trinajstić information content (AvgIpc) is 2.59. The van der Waals surface area contributed by atoms with Crippen molar-refractivity contribution in [2.45, 2.75) is 20.3 Å². The van der Waals surface area contributed by atoms with Crippen molar-refractivity contribution in [3.8, 4) is 5.75 Å². The van der Waals surface area contributed by atoms with Gasteiger partial charge in [-0.05, 0) is 48.6 Å². The van der Waals surface area contributed by atoms with E-state index in [0.29, 0.717) is 5.75 Å². The normalized spacial score (nSPS) is 9.73. The summed E-state index contributed by atoms with van der Waals surface area (Å²) in [6, 6.07) is 26.2. The lowest BCUT2D eigenvalue weighted by atomic mass is 9.97. The monoisotopic (exact) mass is 290 g/mol. The number of phenolic OH excluding ortho intramolecular Hbond substituents is 1. The molecule has 0 radical (unpaired) electrons. The highest BCUT2D eigenvalue weighted by atomic mass is 16.3. The third-order valence-corrected chi connectivity index (χ3v) is 3.77. The summed E-state index contributed by atoms with van der Waals surface area (Å²) < 4.78 is 0. The number of rotatable bonds is 2. The van der Waals surface area contributed by atoms with Gasteiger partial charge in [0, 0.05) is 0 Å². The number of hydrogen-bond donors (Lipinski definition) is 1. The van der Waals surface area contributed by atoms with Crippen LogP contribution in [0.4, 0.5) is 0 Å². The second kappa shape index (κ2) is 8.04. The Labute approximate surface area is 132 Å². The van der Waals surface area contributed by atoms with Gasteiger partial charge in [-0.15, -0.1) is 0 Å². The largest absolute Gasteiger partial charge is 0.508 e. The highest BCUT2D eigenvalue weighted by molar-refractivity contribution is 5.44. The second-order valence-electron chi connectivity index (χ2n) is 5.31. The minimum atomic E-state index is 0.384. The van der Waals surface area contributed by atoms with Crippen LogP contribution in [0, 0.1) is 13.8 Å². The Balaban J connectivity index is 0.000000246. The van der Waals surface area contributed by atoms with Gasteiger partial charge >= 0.3 is 0 Å². The van der Waals surface area contributed by atoms with Crippen LogP contribution < -0.4 is 0 Å². The van der Waals surface area contributed by atoms with Crippen LogP contribution in [-0.2, 0) is 6.42 Å². The lowest BCUT2D eigenvalue weighted by Crippen LogP contribution is -1.94. The maximum atomic E-state index is 9.59. The summed E-state index contributed by atoms with van der Waals surface area (Å²) in [7, 11) is 0. The first-order valence-electron chi connectivity index (χ1n) is 7.50. The van der Waals surface area contributed by atoms with Crippen LogP contribution >= 0.6 is 0 Å². The van der Waals surface area contributed by atoms with Gasteiger partial charge in [-0.1, -0.05) is 72.8 Å². The summed E-state index contributed by atoms with van der Waals surface area (Å²) in [5.41, 5.74) is 4.74. The van der Waals surface area contributed by atoms with Gasteiger partial charge in [0.1, 0.15) is 5.75 Å². The SMILES string of the molecule is Cc1c(O)ccc(Cc2ccccc2)c1C.c1ccccc1. The third-order valence-electron chi connectivity index (χ3n) is 3.77. The van der Waals surface area contributed by atoms with Crippen LogP contribution in [0.25, 0.3) is 0 Å². The Morgan fingerprint density at radius 1 is 0.636 bits per heavy atom. The summed E-state index contributed by atoms with van der Waals surface area (Å²) in [6.45, 7) is 4.02. The molecule has 1 nitrogen and oxygen atoms in total. The standard InChI is InChI=1S/C15H16O.C6H6/c1-11-12(2)15(16)9-8-14(11)10-13-6-4-3-5-7-13;1-2-4-6-5-3-1/h3-9,16H,10H2,1-2H3;1-6H. The van der Waals surface area contributed by atoms with E-state index in [4.69, 9.17) is 0 Å². The molecule has 3 aromatic rings. The molecule has 3 rings (SSSR count). The van der Waals surface area contributed by atoms with Gasteiger partial charge < -0.3 is 5.11 Å². The minimum absolute atomic E-state index is 0.384. The van der Waals surface area contributed by atoms with Gasteiger partial charge in [0.15, 0.2) is 0 Å². The zero-order chi connectivity index (χ0) is 15.8. The van der Waals surface area contributed by atoms with E-state index >= 15 is 0 Å². The minimum Gasteiger partial charge on any atom is -0.508 e. The zero-order valence-electron chi connectivity index (χ0n) is 13.2. The van der Waals surface area contributed by atoms with Crippen molar-refractivity contribution in [2.24, 2.45) is 0 Å². The molecule has 0 unspecified atom stereocenters. The molecule has 0 bridgehead atoms. The quantitative estimate of drug-likeness (QED) is 0.680. The molecular weight excluding hydrogens is 268 g/mol. The van der Waals surface area contributed by atoms with E-state index < -0.39 is 0 Å². The Morgan fingerprint density at radius 2 is 1.14 bits per heavy atom. The maximum Gasteiger partial charge on any atom is 0.118 e. The molecule has 0 aliphatic carbocycles. The highest BCUT2D eigenvalue weighted by Crippen LogP contribution is 2.24. The molecule has 3 aromatic carbocycles. The Morgan fingerprint density at radius 3 is 1.68 bits per heavy atom. The molecule has 1 N–H and O–H groups in total. The van der Waals surface area contributed by atoms with Gasteiger partial charge in [-0.25, -0.2) is 0 Å². The molecule has 22 heavy (non-hydrogen) atoms. The predicted molar refractivity (Wildman–Crippen MR) is 93.3 cm³/mol. The van der Waals surface area contributed by atoms with Crippen molar-refractivity contribution in [1.82, 2.24) is 0 Å². The van der Waals surface area contributed by atoms with Gasteiger partial charge in [-0.3, -0.25) is 0 Å². The lowest BCUT2D eigenvalue weighted by molar-refractivity contribution is 0.470. The van der Waals surface area contributed by atoms with Crippen LogP contribution in [0.5, 0.6) is 5.75 Å². The van der Waals surface area contributed by atoms with Crippen LogP contribution in [0.3, 0.4) is 0 Å². The van der Waals surface area contributed by atoms with Gasteiger partial charge in [-0.2, -0.15) is 0 Å². The number of phenols is 1. The van der Waals surface area contributed by atoms with Crippen molar-refractivity contribution in [2.75, 3.05) is 0 Å². The van der Waals surface area contributed by atoms with Crippen LogP contribution in [0.1, 0.15) is 22.3 Å². The van der Waals surface area contributed by atoms with Crippen LogP contribution in [0.2, 0.25) is 0 Å². The molecule has 0 aliphatic heterocycles. The van der Waals surface area contributed by atoms with E-state index in [-0.39, 0.29) is 0 Å². The summed E-state index contributed by atoms with van der Waals surface area (Å²) >= 11 is 0. The average molecular weight is 290 g/mol. The van der Waals surface area contributed by atoms with E-state index in [0.717, 1.165) is 12.0 Å². The first-order chi connectivity index (χ1) is 10.7. The Bertz CT molecular complexity index is 661. The number of aromatic hydroxyl groups is 1. The fourth-order valence-electron chi connectivity index (χ4n) is 2.25. The second-order valence-corrected chi connectivity index (χ2v) is 5.31. The molecule has 0 spiro atoms. The molecule has 0 fully saturated rings. The molecule has 0 saturated carbocycles. The lowest BCUT2D eigenvalue weighted by Gasteiger charge is -2.10. The molecule has 1 heteroatoms. The predicted octanol–water partition coefficient (Wildman–Crippen LogP) is 5.29. The summed E-state index contributed by atoms with van der Waals surface area (Å²) in [5, 5.41) is 9.59. The van der Waals surface area contributed by atoms with Gasteiger partial charge in [0.25, 0.3) is 0 Å².